The number of piperidine rings is 1. The average Bonchev–Trinajstić information content (AvgIpc) is 2.45. The Balaban J connectivity index is 1.90. The van der Waals surface area contributed by atoms with Crippen LogP contribution in [-0.4, -0.2) is 30.4 Å². The van der Waals surface area contributed by atoms with Crippen LogP contribution < -0.4 is 5.32 Å². The molecule has 1 heterocycles. The summed E-state index contributed by atoms with van der Waals surface area (Å²) >= 11 is 6.01. The fourth-order valence-electron chi connectivity index (χ4n) is 2.62. The van der Waals surface area contributed by atoms with Gasteiger partial charge in [0, 0.05) is 24.7 Å². The summed E-state index contributed by atoms with van der Waals surface area (Å²) in [6.45, 7) is 6.87. The van der Waals surface area contributed by atoms with Crippen molar-refractivity contribution in [3.63, 3.8) is 0 Å². The number of rotatable bonds is 5. The number of hydrogen-bond acceptors (Lipinski definition) is 2. The molecule has 0 aliphatic carbocycles. The van der Waals surface area contributed by atoms with Gasteiger partial charge in [-0.1, -0.05) is 29.8 Å². The second-order valence-corrected chi connectivity index (χ2v) is 5.67. The molecule has 0 spiro atoms. The van der Waals surface area contributed by atoms with Gasteiger partial charge in [-0.05, 0) is 37.1 Å². The zero-order valence-electron chi connectivity index (χ0n) is 11.6. The molecule has 1 aliphatic rings. The van der Waals surface area contributed by atoms with Crippen LogP contribution in [0.25, 0.3) is 0 Å². The van der Waals surface area contributed by atoms with Crippen molar-refractivity contribution < 1.29 is 4.79 Å². The Morgan fingerprint density at radius 3 is 3.15 bits per heavy atom. The topological polar surface area (TPSA) is 32.3 Å². The van der Waals surface area contributed by atoms with Crippen molar-refractivity contribution in [2.75, 3.05) is 19.6 Å². The largest absolute Gasteiger partial charge is 0.352 e. The molecule has 1 aromatic carbocycles. The van der Waals surface area contributed by atoms with E-state index in [0.29, 0.717) is 6.54 Å². The van der Waals surface area contributed by atoms with E-state index in [-0.39, 0.29) is 11.8 Å². The van der Waals surface area contributed by atoms with Crippen LogP contribution in [0.2, 0.25) is 5.02 Å². The number of halogens is 1. The second-order valence-electron chi connectivity index (χ2n) is 5.24. The molecule has 20 heavy (non-hydrogen) atoms. The maximum Gasteiger partial charge on any atom is 0.224 e. The minimum Gasteiger partial charge on any atom is -0.352 e. The minimum absolute atomic E-state index is 0.0860. The van der Waals surface area contributed by atoms with Crippen LogP contribution in [0.15, 0.2) is 36.9 Å². The number of benzene rings is 1. The van der Waals surface area contributed by atoms with Crippen molar-refractivity contribution in [2.45, 2.75) is 19.4 Å². The Labute approximate surface area is 125 Å². The summed E-state index contributed by atoms with van der Waals surface area (Å²) in [6.07, 6.45) is 3.74. The van der Waals surface area contributed by atoms with E-state index >= 15 is 0 Å². The zero-order chi connectivity index (χ0) is 14.4. The Morgan fingerprint density at radius 1 is 1.55 bits per heavy atom. The first kappa shape index (κ1) is 15.1. The van der Waals surface area contributed by atoms with E-state index in [2.05, 4.69) is 22.9 Å². The van der Waals surface area contributed by atoms with Crippen molar-refractivity contribution in [3.8, 4) is 0 Å². The van der Waals surface area contributed by atoms with E-state index in [9.17, 15) is 4.79 Å². The van der Waals surface area contributed by atoms with Crippen molar-refractivity contribution in [1.29, 1.82) is 0 Å². The highest BCUT2D eigenvalue weighted by Gasteiger charge is 2.25. The van der Waals surface area contributed by atoms with Crippen LogP contribution in [0.4, 0.5) is 0 Å². The molecule has 1 N–H and O–H groups in total. The Hall–Kier alpha value is -1.32. The van der Waals surface area contributed by atoms with Gasteiger partial charge >= 0.3 is 0 Å². The molecule has 2 rings (SSSR count). The molecular formula is C16H21ClN2O. The van der Waals surface area contributed by atoms with Crippen molar-refractivity contribution in [1.82, 2.24) is 10.2 Å². The molecule has 108 valence electrons. The summed E-state index contributed by atoms with van der Waals surface area (Å²) < 4.78 is 0. The SMILES string of the molecule is C=CCNC(=O)C1CCCN(Cc2cccc(Cl)c2)C1. The first-order chi connectivity index (χ1) is 9.69. The van der Waals surface area contributed by atoms with Gasteiger partial charge in [-0.15, -0.1) is 6.58 Å². The van der Waals surface area contributed by atoms with Gasteiger partial charge in [0.1, 0.15) is 0 Å². The number of nitrogens with one attached hydrogen (secondary N) is 1. The highest BCUT2D eigenvalue weighted by molar-refractivity contribution is 6.30. The van der Waals surface area contributed by atoms with Crippen LogP contribution in [0.5, 0.6) is 0 Å². The van der Waals surface area contributed by atoms with Crippen molar-refractivity contribution in [2.24, 2.45) is 5.92 Å². The Morgan fingerprint density at radius 2 is 2.40 bits per heavy atom. The van der Waals surface area contributed by atoms with Crippen molar-refractivity contribution >= 4 is 17.5 Å². The molecule has 0 saturated carbocycles. The Kier molecular flexibility index (Phi) is 5.62. The van der Waals surface area contributed by atoms with Gasteiger partial charge in [0.25, 0.3) is 0 Å². The summed E-state index contributed by atoms with van der Waals surface area (Å²) in [7, 11) is 0. The number of nitrogens with zero attached hydrogens (tertiary/aromatic N) is 1. The van der Waals surface area contributed by atoms with Crippen LogP contribution in [-0.2, 0) is 11.3 Å². The molecule has 1 fully saturated rings. The van der Waals surface area contributed by atoms with Crippen LogP contribution in [0, 0.1) is 5.92 Å². The second kappa shape index (κ2) is 7.46. The first-order valence-corrected chi connectivity index (χ1v) is 7.42. The average molecular weight is 293 g/mol. The molecule has 1 aromatic rings. The van der Waals surface area contributed by atoms with E-state index in [1.165, 1.54) is 5.56 Å². The predicted octanol–water partition coefficient (Wildman–Crippen LogP) is 2.85. The molecule has 1 unspecified atom stereocenters. The van der Waals surface area contributed by atoms with Gasteiger partial charge in [-0.25, -0.2) is 0 Å². The summed E-state index contributed by atoms with van der Waals surface area (Å²) in [5.74, 6) is 0.226. The molecule has 1 aliphatic heterocycles. The van der Waals surface area contributed by atoms with Gasteiger partial charge in [-0.3, -0.25) is 9.69 Å². The number of amides is 1. The van der Waals surface area contributed by atoms with Gasteiger partial charge in [-0.2, -0.15) is 0 Å². The third kappa shape index (κ3) is 4.36. The highest BCUT2D eigenvalue weighted by atomic mass is 35.5. The zero-order valence-corrected chi connectivity index (χ0v) is 12.4. The molecule has 1 amide bonds. The normalized spacial score (nSPS) is 19.6. The van der Waals surface area contributed by atoms with E-state index in [4.69, 9.17) is 11.6 Å². The standard InChI is InChI=1S/C16H21ClN2O/c1-2-8-18-16(20)14-6-4-9-19(12-14)11-13-5-3-7-15(17)10-13/h2-3,5,7,10,14H,1,4,6,8-9,11-12H2,(H,18,20). The van der Waals surface area contributed by atoms with Crippen LogP contribution >= 0.6 is 11.6 Å². The van der Waals surface area contributed by atoms with Gasteiger partial charge < -0.3 is 5.32 Å². The van der Waals surface area contributed by atoms with Crippen molar-refractivity contribution in [3.05, 3.63) is 47.5 Å². The van der Waals surface area contributed by atoms with Crippen LogP contribution in [0.3, 0.4) is 0 Å². The molecule has 0 bridgehead atoms. The fraction of sp³-hybridized carbons (Fsp3) is 0.438. The lowest BCUT2D eigenvalue weighted by Crippen LogP contribution is -2.42. The quantitative estimate of drug-likeness (QED) is 0.847. The molecule has 1 saturated heterocycles. The third-order valence-corrected chi connectivity index (χ3v) is 3.83. The molecule has 0 aromatic heterocycles. The number of likely N-dealkylation sites (tertiary alicyclic amines) is 1. The van der Waals surface area contributed by atoms with E-state index < -0.39 is 0 Å². The molecular weight excluding hydrogens is 272 g/mol. The third-order valence-electron chi connectivity index (χ3n) is 3.59. The lowest BCUT2D eigenvalue weighted by Gasteiger charge is -2.32. The van der Waals surface area contributed by atoms with Gasteiger partial charge in [0.05, 0.1) is 5.92 Å². The maximum absolute atomic E-state index is 12.0. The molecule has 3 nitrogen and oxygen atoms in total. The highest BCUT2D eigenvalue weighted by Crippen LogP contribution is 2.20. The molecule has 4 heteroatoms. The summed E-state index contributed by atoms with van der Waals surface area (Å²) in [5.41, 5.74) is 1.20. The lowest BCUT2D eigenvalue weighted by atomic mass is 9.96. The summed E-state index contributed by atoms with van der Waals surface area (Å²) in [6, 6.07) is 7.92. The van der Waals surface area contributed by atoms with E-state index in [0.717, 1.165) is 37.5 Å². The Bertz CT molecular complexity index is 475. The summed E-state index contributed by atoms with van der Waals surface area (Å²) in [5, 5.41) is 3.65. The monoisotopic (exact) mass is 292 g/mol. The molecule has 1 atom stereocenters. The molecule has 0 radical (unpaired) electrons. The number of carbonyl (C=O) groups excluding carboxylic acids is 1. The minimum atomic E-state index is 0.0860. The van der Waals surface area contributed by atoms with E-state index in [1.54, 1.807) is 6.08 Å². The summed E-state index contributed by atoms with van der Waals surface area (Å²) in [4.78, 5) is 14.3. The maximum atomic E-state index is 12.0. The predicted molar refractivity (Wildman–Crippen MR) is 82.7 cm³/mol. The first-order valence-electron chi connectivity index (χ1n) is 7.04. The van der Waals surface area contributed by atoms with Crippen LogP contribution in [0.1, 0.15) is 18.4 Å². The fourth-order valence-corrected chi connectivity index (χ4v) is 2.84. The number of carbonyl (C=O) groups is 1. The van der Waals surface area contributed by atoms with Gasteiger partial charge in [0.15, 0.2) is 0 Å². The van der Waals surface area contributed by atoms with Gasteiger partial charge in [0.2, 0.25) is 5.91 Å². The smallest absolute Gasteiger partial charge is 0.224 e. The lowest BCUT2D eigenvalue weighted by molar-refractivity contribution is -0.126. The van der Waals surface area contributed by atoms with E-state index in [1.807, 2.05) is 18.2 Å². The number of hydrogen-bond donors (Lipinski definition) is 1.